The fourth-order valence-corrected chi connectivity index (χ4v) is 2.16. The second-order valence-corrected chi connectivity index (χ2v) is 6.39. The zero-order chi connectivity index (χ0) is 16.9. The smallest absolute Gasteiger partial charge is 0.402 e. The molecule has 1 aromatic rings. The van der Waals surface area contributed by atoms with Gasteiger partial charge in [-0.05, 0) is 45.4 Å². The summed E-state index contributed by atoms with van der Waals surface area (Å²) in [7, 11) is -0.860. The summed E-state index contributed by atoms with van der Waals surface area (Å²) in [6.45, 7) is 7.31. The highest BCUT2D eigenvalue weighted by Gasteiger charge is 2.53. The fraction of sp³-hybridized carbons (Fsp3) is 0.571. The summed E-state index contributed by atoms with van der Waals surface area (Å²) in [5.41, 5.74) is 3.58. The van der Waals surface area contributed by atoms with Gasteiger partial charge in [0, 0.05) is 0 Å². The van der Waals surface area contributed by atoms with Gasteiger partial charge in [0.1, 0.15) is 5.82 Å². The van der Waals surface area contributed by atoms with Crippen molar-refractivity contribution in [2.75, 3.05) is 0 Å². The third-order valence-corrected chi connectivity index (χ3v) is 4.25. The quantitative estimate of drug-likeness (QED) is 0.670. The first-order valence-corrected chi connectivity index (χ1v) is 6.83. The van der Waals surface area contributed by atoms with Crippen molar-refractivity contribution in [1.29, 1.82) is 0 Å². The average Bonchev–Trinajstić information content (AvgIpc) is 2.55. The van der Waals surface area contributed by atoms with Crippen LogP contribution in [0.3, 0.4) is 0 Å². The molecule has 1 aliphatic rings. The lowest BCUT2D eigenvalue weighted by Crippen LogP contribution is -2.41. The lowest BCUT2D eigenvalue weighted by atomic mass is 9.74. The molecule has 8 heteroatoms. The van der Waals surface area contributed by atoms with Crippen LogP contribution in [0.1, 0.15) is 44.8 Å². The summed E-state index contributed by atoms with van der Waals surface area (Å²) in [4.78, 5) is 0. The van der Waals surface area contributed by atoms with Crippen molar-refractivity contribution < 1.29 is 26.9 Å². The van der Waals surface area contributed by atoms with E-state index in [0.717, 1.165) is 12.1 Å². The lowest BCUT2D eigenvalue weighted by molar-refractivity contribution is -0.140. The van der Waals surface area contributed by atoms with Crippen LogP contribution in [-0.4, -0.2) is 18.3 Å². The Kier molecular flexibility index (Phi) is 4.09. The first-order valence-electron chi connectivity index (χ1n) is 6.83. The van der Waals surface area contributed by atoms with Crippen LogP contribution in [0.5, 0.6) is 0 Å². The van der Waals surface area contributed by atoms with Crippen molar-refractivity contribution in [2.45, 2.75) is 51.0 Å². The summed E-state index contributed by atoms with van der Waals surface area (Å²) >= 11 is 0. The monoisotopic (exact) mass is 319 g/mol. The van der Waals surface area contributed by atoms with Gasteiger partial charge in [0.2, 0.25) is 0 Å². The van der Waals surface area contributed by atoms with Crippen molar-refractivity contribution in [3.8, 4) is 0 Å². The van der Waals surface area contributed by atoms with Crippen LogP contribution in [-0.2, 0) is 15.5 Å². The van der Waals surface area contributed by atoms with Gasteiger partial charge >= 0.3 is 13.3 Å². The van der Waals surface area contributed by atoms with Gasteiger partial charge in [-0.1, -0.05) is 6.07 Å². The summed E-state index contributed by atoms with van der Waals surface area (Å²) in [5, 5.41) is 0. The molecule has 0 amide bonds. The third-order valence-electron chi connectivity index (χ3n) is 4.25. The number of halogens is 4. The van der Waals surface area contributed by atoms with E-state index in [-0.39, 0.29) is 5.56 Å². The summed E-state index contributed by atoms with van der Waals surface area (Å²) in [6, 6.07) is 2.59. The molecular weight excluding hydrogens is 301 g/mol. The predicted octanol–water partition coefficient (Wildman–Crippen LogP) is 3.48. The highest BCUT2D eigenvalue weighted by molar-refractivity contribution is 6.47. The average molecular weight is 319 g/mol. The predicted molar refractivity (Wildman–Crippen MR) is 74.4 cm³/mol. The van der Waals surface area contributed by atoms with Gasteiger partial charge in [0.05, 0.1) is 22.7 Å². The molecule has 2 rings (SSSR count). The lowest BCUT2D eigenvalue weighted by Gasteiger charge is -2.32. The standard InChI is InChI=1S/C14H18BF4NO2/c1-12(2)13(3,4)22-15(21-12)11(20)8-5-6-9(10(16)7-8)14(17,18)19/h5-7,11H,20H2,1-4H3/t11-/m0/s1. The van der Waals surface area contributed by atoms with Crippen LogP contribution >= 0.6 is 0 Å². The molecule has 3 nitrogen and oxygen atoms in total. The summed E-state index contributed by atoms with van der Waals surface area (Å²) in [6.07, 6.45) is -4.74. The summed E-state index contributed by atoms with van der Waals surface area (Å²) < 4.78 is 62.8. The van der Waals surface area contributed by atoms with Crippen LogP contribution < -0.4 is 5.73 Å². The molecule has 1 aromatic carbocycles. The van der Waals surface area contributed by atoms with Gasteiger partial charge in [-0.2, -0.15) is 13.2 Å². The van der Waals surface area contributed by atoms with Crippen molar-refractivity contribution in [3.05, 3.63) is 35.1 Å². The Bertz CT molecular complexity index is 558. The van der Waals surface area contributed by atoms with Crippen LogP contribution in [0.15, 0.2) is 18.2 Å². The largest absolute Gasteiger partial charge is 0.480 e. The van der Waals surface area contributed by atoms with E-state index in [1.54, 1.807) is 0 Å². The normalized spacial score (nSPS) is 22.0. The molecule has 1 atom stereocenters. The molecule has 0 bridgehead atoms. The minimum atomic E-state index is -4.74. The molecule has 0 spiro atoms. The fourth-order valence-electron chi connectivity index (χ4n) is 2.16. The SMILES string of the molecule is CC1(C)OB([C@@H](N)c2ccc(C(F)(F)F)c(F)c2)OC1(C)C. The topological polar surface area (TPSA) is 44.5 Å². The molecule has 1 saturated heterocycles. The Balaban J connectivity index is 2.25. The molecule has 1 heterocycles. The highest BCUT2D eigenvalue weighted by atomic mass is 19.4. The van der Waals surface area contributed by atoms with Crippen LogP contribution in [0, 0.1) is 5.82 Å². The first-order chi connectivity index (χ1) is 9.85. The molecule has 1 fully saturated rings. The summed E-state index contributed by atoms with van der Waals surface area (Å²) in [5.74, 6) is -2.25. The van der Waals surface area contributed by atoms with E-state index in [9.17, 15) is 17.6 Å². The van der Waals surface area contributed by atoms with E-state index >= 15 is 0 Å². The Hall–Kier alpha value is -1.12. The molecule has 0 radical (unpaired) electrons. The van der Waals surface area contributed by atoms with E-state index in [1.165, 1.54) is 0 Å². The molecule has 22 heavy (non-hydrogen) atoms. The van der Waals surface area contributed by atoms with Gasteiger partial charge in [-0.15, -0.1) is 0 Å². The number of alkyl halides is 3. The molecule has 0 aromatic heterocycles. The maximum atomic E-state index is 13.6. The van der Waals surface area contributed by atoms with E-state index in [1.807, 2.05) is 27.7 Å². The Morgan fingerprint density at radius 3 is 2.00 bits per heavy atom. The van der Waals surface area contributed by atoms with Crippen molar-refractivity contribution in [3.63, 3.8) is 0 Å². The maximum absolute atomic E-state index is 13.6. The molecule has 0 unspecified atom stereocenters. The van der Waals surface area contributed by atoms with E-state index in [0.29, 0.717) is 6.07 Å². The molecule has 1 aliphatic heterocycles. The van der Waals surface area contributed by atoms with E-state index < -0.39 is 41.8 Å². The highest BCUT2D eigenvalue weighted by Crippen LogP contribution is 2.40. The minimum absolute atomic E-state index is 0.184. The van der Waals surface area contributed by atoms with Crippen LogP contribution in [0.4, 0.5) is 17.6 Å². The number of rotatable bonds is 2. The van der Waals surface area contributed by atoms with Crippen molar-refractivity contribution >= 4 is 7.12 Å². The van der Waals surface area contributed by atoms with Crippen molar-refractivity contribution in [1.82, 2.24) is 0 Å². The molecule has 0 saturated carbocycles. The maximum Gasteiger partial charge on any atom is 0.480 e. The van der Waals surface area contributed by atoms with Gasteiger partial charge in [-0.3, -0.25) is 0 Å². The number of nitrogens with two attached hydrogens (primary N) is 1. The van der Waals surface area contributed by atoms with Gasteiger partial charge in [-0.25, -0.2) is 4.39 Å². The second kappa shape index (κ2) is 5.21. The van der Waals surface area contributed by atoms with Gasteiger partial charge < -0.3 is 15.0 Å². The third kappa shape index (κ3) is 3.00. The van der Waals surface area contributed by atoms with E-state index in [4.69, 9.17) is 15.0 Å². The van der Waals surface area contributed by atoms with Crippen molar-refractivity contribution in [2.24, 2.45) is 5.73 Å². The Labute approximate surface area is 126 Å². The minimum Gasteiger partial charge on any atom is -0.402 e. The zero-order valence-electron chi connectivity index (χ0n) is 12.8. The van der Waals surface area contributed by atoms with Crippen LogP contribution in [0.25, 0.3) is 0 Å². The second-order valence-electron chi connectivity index (χ2n) is 6.39. The Morgan fingerprint density at radius 2 is 1.59 bits per heavy atom. The molecule has 2 N–H and O–H groups in total. The molecule has 0 aliphatic carbocycles. The van der Waals surface area contributed by atoms with Gasteiger partial charge in [0.25, 0.3) is 0 Å². The number of hydrogen-bond donors (Lipinski definition) is 1. The van der Waals surface area contributed by atoms with E-state index in [2.05, 4.69) is 0 Å². The molecular formula is C14H18BF4NO2. The molecule has 122 valence electrons. The van der Waals surface area contributed by atoms with Gasteiger partial charge in [0.15, 0.2) is 0 Å². The Morgan fingerprint density at radius 1 is 1.09 bits per heavy atom. The zero-order valence-corrected chi connectivity index (χ0v) is 12.8. The number of benzene rings is 1. The first kappa shape index (κ1) is 17.2. The number of hydrogen-bond acceptors (Lipinski definition) is 3. The van der Waals surface area contributed by atoms with Crippen LogP contribution in [0.2, 0.25) is 0 Å².